The molecule has 1 spiro atoms. The highest BCUT2D eigenvalue weighted by Crippen LogP contribution is 2.63. The molecule has 0 amide bonds. The zero-order valence-corrected chi connectivity index (χ0v) is 31.0. The Bertz CT molecular complexity index is 2870. The lowest BCUT2D eigenvalue weighted by Gasteiger charge is -2.46. The predicted molar refractivity (Wildman–Crippen MR) is 231 cm³/mol. The van der Waals surface area contributed by atoms with Crippen molar-refractivity contribution in [1.82, 2.24) is 0 Å². The fourth-order valence-corrected chi connectivity index (χ4v) is 10.1. The van der Waals surface area contributed by atoms with E-state index in [0.717, 1.165) is 17.1 Å². The van der Waals surface area contributed by atoms with E-state index in [1.54, 1.807) is 0 Å². The molecule has 9 aromatic carbocycles. The summed E-state index contributed by atoms with van der Waals surface area (Å²) in [5, 5.41) is 4.99. The molecule has 0 fully saturated rings. The maximum Gasteiger partial charge on any atom is 0.0719 e. The molecule has 0 saturated carbocycles. The number of anilines is 3. The minimum atomic E-state index is -0.400. The Morgan fingerprint density at radius 3 is 1.47 bits per heavy atom. The number of para-hydroxylation sites is 2. The zero-order chi connectivity index (χ0) is 36.7. The van der Waals surface area contributed by atoms with Gasteiger partial charge in [0.25, 0.3) is 0 Å². The summed E-state index contributed by atoms with van der Waals surface area (Å²) in [6, 6.07) is 74.3. The standard InChI is InChI=1S/C54H39N/c1-53(2)47-23-11-13-25-49(47)54(50-26-14-12-24-48(50)53)46-22-10-9-20-45(46)52-44(21-15-27-51(52)54)37-30-32-42-36(34-37)28-29-38-35-41(31-33-43(38)42)55(39-16-5-3-6-17-39)40-18-7-4-8-19-40/h3-35H,1-2H3. The summed E-state index contributed by atoms with van der Waals surface area (Å²) in [7, 11) is 0. The highest BCUT2D eigenvalue weighted by Gasteiger charge is 2.53. The maximum atomic E-state index is 2.40. The van der Waals surface area contributed by atoms with Crippen LogP contribution in [-0.4, -0.2) is 0 Å². The van der Waals surface area contributed by atoms with Gasteiger partial charge in [-0.3, -0.25) is 0 Å². The van der Waals surface area contributed by atoms with Gasteiger partial charge >= 0.3 is 0 Å². The summed E-state index contributed by atoms with van der Waals surface area (Å²) in [4.78, 5) is 2.33. The van der Waals surface area contributed by atoms with Crippen LogP contribution in [0.2, 0.25) is 0 Å². The second-order valence-corrected chi connectivity index (χ2v) is 15.7. The number of hydrogen-bond acceptors (Lipinski definition) is 1. The van der Waals surface area contributed by atoms with Gasteiger partial charge in [0.1, 0.15) is 0 Å². The lowest BCUT2D eigenvalue weighted by atomic mass is 9.55. The van der Waals surface area contributed by atoms with Gasteiger partial charge in [-0.25, -0.2) is 0 Å². The summed E-state index contributed by atoms with van der Waals surface area (Å²) in [6.45, 7) is 4.77. The molecule has 11 rings (SSSR count). The van der Waals surface area contributed by atoms with Crippen LogP contribution in [0.3, 0.4) is 0 Å². The van der Waals surface area contributed by atoms with Gasteiger partial charge in [0, 0.05) is 22.5 Å². The summed E-state index contributed by atoms with van der Waals surface area (Å²) >= 11 is 0. The molecule has 0 radical (unpaired) electrons. The Hall–Kier alpha value is -6.70. The van der Waals surface area contributed by atoms with Gasteiger partial charge in [-0.1, -0.05) is 172 Å². The Morgan fingerprint density at radius 1 is 0.345 bits per heavy atom. The number of benzene rings is 9. The molecule has 1 heteroatoms. The molecule has 2 aliphatic rings. The predicted octanol–water partition coefficient (Wildman–Crippen LogP) is 14.1. The lowest BCUT2D eigenvalue weighted by Crippen LogP contribution is -2.40. The van der Waals surface area contributed by atoms with Crippen molar-refractivity contribution in [3.8, 4) is 22.3 Å². The number of nitrogens with zero attached hydrogens (tertiary/aromatic N) is 1. The molecule has 0 aliphatic heterocycles. The molecule has 0 unspecified atom stereocenters. The van der Waals surface area contributed by atoms with Crippen LogP contribution in [0.5, 0.6) is 0 Å². The highest BCUT2D eigenvalue weighted by molar-refractivity contribution is 6.10. The van der Waals surface area contributed by atoms with E-state index in [0.29, 0.717) is 0 Å². The molecule has 1 nitrogen and oxygen atoms in total. The van der Waals surface area contributed by atoms with Crippen LogP contribution in [0, 0.1) is 0 Å². The van der Waals surface area contributed by atoms with Crippen molar-refractivity contribution in [2.24, 2.45) is 0 Å². The average Bonchev–Trinajstić information content (AvgIpc) is 3.55. The topological polar surface area (TPSA) is 3.24 Å². The van der Waals surface area contributed by atoms with Crippen molar-refractivity contribution < 1.29 is 0 Å². The molecule has 2 aliphatic carbocycles. The Morgan fingerprint density at radius 2 is 0.836 bits per heavy atom. The number of hydrogen-bond donors (Lipinski definition) is 0. The van der Waals surface area contributed by atoms with Crippen molar-refractivity contribution in [2.75, 3.05) is 4.90 Å². The van der Waals surface area contributed by atoms with Crippen LogP contribution in [0.15, 0.2) is 200 Å². The zero-order valence-electron chi connectivity index (χ0n) is 31.0. The van der Waals surface area contributed by atoms with Crippen molar-refractivity contribution in [1.29, 1.82) is 0 Å². The Labute approximate surface area is 322 Å². The van der Waals surface area contributed by atoms with E-state index < -0.39 is 5.41 Å². The van der Waals surface area contributed by atoms with E-state index in [1.807, 2.05) is 0 Å². The minimum absolute atomic E-state index is 0.114. The highest BCUT2D eigenvalue weighted by atomic mass is 15.1. The van der Waals surface area contributed by atoms with Gasteiger partial charge in [0.2, 0.25) is 0 Å². The van der Waals surface area contributed by atoms with Gasteiger partial charge in [-0.05, 0) is 120 Å². The van der Waals surface area contributed by atoms with E-state index in [4.69, 9.17) is 0 Å². The largest absolute Gasteiger partial charge is 0.310 e. The quantitative estimate of drug-likeness (QED) is 0.165. The first-order chi connectivity index (χ1) is 27.0. The summed E-state index contributed by atoms with van der Waals surface area (Å²) in [6.07, 6.45) is 0. The van der Waals surface area contributed by atoms with Gasteiger partial charge in [0.15, 0.2) is 0 Å². The van der Waals surface area contributed by atoms with Gasteiger partial charge in [0.05, 0.1) is 5.41 Å². The van der Waals surface area contributed by atoms with Crippen molar-refractivity contribution in [3.05, 3.63) is 234 Å². The second kappa shape index (κ2) is 11.9. The molecule has 260 valence electrons. The normalized spacial score (nSPS) is 14.3. The Kier molecular flexibility index (Phi) is 6.88. The molecule has 0 bridgehead atoms. The van der Waals surface area contributed by atoms with E-state index in [-0.39, 0.29) is 5.41 Å². The minimum Gasteiger partial charge on any atom is -0.310 e. The van der Waals surface area contributed by atoms with Crippen molar-refractivity contribution >= 4 is 38.6 Å². The first kappa shape index (κ1) is 31.8. The second-order valence-electron chi connectivity index (χ2n) is 15.7. The van der Waals surface area contributed by atoms with E-state index in [9.17, 15) is 0 Å². The fourth-order valence-electron chi connectivity index (χ4n) is 10.1. The molecule has 0 saturated heterocycles. The molecular formula is C54H39N. The van der Waals surface area contributed by atoms with Crippen LogP contribution in [0.1, 0.15) is 47.2 Å². The number of rotatable bonds is 4. The van der Waals surface area contributed by atoms with Crippen LogP contribution in [0.4, 0.5) is 17.1 Å². The van der Waals surface area contributed by atoms with Crippen LogP contribution >= 0.6 is 0 Å². The van der Waals surface area contributed by atoms with Crippen molar-refractivity contribution in [3.63, 3.8) is 0 Å². The Balaban J connectivity index is 1.08. The van der Waals surface area contributed by atoms with Gasteiger partial charge in [-0.2, -0.15) is 0 Å². The lowest BCUT2D eigenvalue weighted by molar-refractivity contribution is 0.563. The number of fused-ring (bicyclic) bond motifs is 12. The third-order valence-electron chi connectivity index (χ3n) is 12.5. The SMILES string of the molecule is CC1(C)c2ccccc2C2(c3ccccc3-c3c(-c4ccc5c(ccc6cc(N(c7ccccc7)c7ccccc7)ccc65)c4)cccc32)c2ccccc21. The average molecular weight is 702 g/mol. The van der Waals surface area contributed by atoms with E-state index in [2.05, 4.69) is 219 Å². The molecule has 9 aromatic rings. The molecular weight excluding hydrogens is 663 g/mol. The van der Waals surface area contributed by atoms with Gasteiger partial charge < -0.3 is 4.90 Å². The summed E-state index contributed by atoms with van der Waals surface area (Å²) in [5.74, 6) is 0. The maximum absolute atomic E-state index is 2.40. The monoisotopic (exact) mass is 701 g/mol. The first-order valence-electron chi connectivity index (χ1n) is 19.4. The molecule has 0 atom stereocenters. The van der Waals surface area contributed by atoms with Gasteiger partial charge in [-0.15, -0.1) is 0 Å². The van der Waals surface area contributed by atoms with Crippen LogP contribution in [0.25, 0.3) is 43.8 Å². The summed E-state index contributed by atoms with van der Waals surface area (Å²) < 4.78 is 0. The molecule has 0 N–H and O–H groups in total. The van der Waals surface area contributed by atoms with E-state index >= 15 is 0 Å². The molecule has 0 heterocycles. The first-order valence-corrected chi connectivity index (χ1v) is 19.4. The van der Waals surface area contributed by atoms with E-state index in [1.165, 1.54) is 77.2 Å². The fraction of sp³-hybridized carbons (Fsp3) is 0.0741. The smallest absolute Gasteiger partial charge is 0.0719 e. The molecule has 0 aromatic heterocycles. The van der Waals surface area contributed by atoms with Crippen LogP contribution < -0.4 is 4.90 Å². The third-order valence-corrected chi connectivity index (χ3v) is 12.5. The summed E-state index contributed by atoms with van der Waals surface area (Å²) in [5.41, 5.74) is 16.4. The molecule has 55 heavy (non-hydrogen) atoms. The third kappa shape index (κ3) is 4.47. The van der Waals surface area contributed by atoms with Crippen molar-refractivity contribution in [2.45, 2.75) is 24.7 Å². The van der Waals surface area contributed by atoms with Crippen LogP contribution in [-0.2, 0) is 10.8 Å².